The standard InChI is InChI=1S/C28H35NOSi/c1-8-10-19-29(27(9-2)30-31(6,7)28(3,4)5)21-26-24-17-13-11-15-22(24)20-23-16-12-14-18-25(23)26/h8-20H,1,21H2,2-7H3/b19-10-,27-9-. The summed E-state index contributed by atoms with van der Waals surface area (Å²) in [5, 5.41) is 5.20. The van der Waals surface area contributed by atoms with E-state index in [1.54, 1.807) is 0 Å². The van der Waals surface area contributed by atoms with E-state index in [0.29, 0.717) is 0 Å². The van der Waals surface area contributed by atoms with Gasteiger partial charge in [0.15, 0.2) is 5.88 Å². The van der Waals surface area contributed by atoms with Gasteiger partial charge in [0.2, 0.25) is 0 Å². The highest BCUT2D eigenvalue weighted by atomic mass is 28.4. The molecule has 0 saturated carbocycles. The maximum Gasteiger partial charge on any atom is 0.252 e. The van der Waals surface area contributed by atoms with Crippen LogP contribution in [0.1, 0.15) is 33.3 Å². The molecule has 3 heteroatoms. The molecule has 0 aromatic heterocycles. The largest absolute Gasteiger partial charge is 0.532 e. The molecule has 0 saturated heterocycles. The zero-order chi connectivity index (χ0) is 22.6. The van der Waals surface area contributed by atoms with Crippen LogP contribution in [-0.4, -0.2) is 13.2 Å². The van der Waals surface area contributed by atoms with Crippen LogP contribution < -0.4 is 0 Å². The number of fused-ring (bicyclic) bond motifs is 2. The Morgan fingerprint density at radius 3 is 2.03 bits per heavy atom. The lowest BCUT2D eigenvalue weighted by atomic mass is 9.96. The molecule has 3 aromatic rings. The topological polar surface area (TPSA) is 12.5 Å². The lowest BCUT2D eigenvalue weighted by Crippen LogP contribution is -2.42. The fourth-order valence-corrected chi connectivity index (χ4v) is 4.58. The molecule has 0 spiro atoms. The van der Waals surface area contributed by atoms with Crippen molar-refractivity contribution in [1.82, 2.24) is 4.90 Å². The van der Waals surface area contributed by atoms with Crippen LogP contribution in [0, 0.1) is 0 Å². The van der Waals surface area contributed by atoms with Gasteiger partial charge in [-0.25, -0.2) is 0 Å². The Hall–Kier alpha value is -2.78. The summed E-state index contributed by atoms with van der Waals surface area (Å²) >= 11 is 0. The Balaban J connectivity index is 2.12. The SMILES string of the molecule is C=C/C=C\N(Cc1c2ccccc2cc2ccccc12)/C(=C/C)O[Si](C)(C)C(C)(C)C. The summed E-state index contributed by atoms with van der Waals surface area (Å²) < 4.78 is 6.75. The number of allylic oxidation sites excluding steroid dienone is 3. The third kappa shape index (κ3) is 4.94. The fraction of sp³-hybridized carbons (Fsp3) is 0.286. The normalized spacial score (nSPS) is 13.2. The highest BCUT2D eigenvalue weighted by molar-refractivity contribution is 6.74. The number of hydrogen-bond acceptors (Lipinski definition) is 2. The molecule has 31 heavy (non-hydrogen) atoms. The summed E-state index contributed by atoms with van der Waals surface area (Å²) in [5.41, 5.74) is 1.31. The molecular weight excluding hydrogens is 394 g/mol. The minimum atomic E-state index is -1.99. The van der Waals surface area contributed by atoms with Gasteiger partial charge in [-0.3, -0.25) is 0 Å². The first-order valence-corrected chi connectivity index (χ1v) is 13.9. The highest BCUT2D eigenvalue weighted by Gasteiger charge is 2.40. The van der Waals surface area contributed by atoms with Gasteiger partial charge in [0.25, 0.3) is 8.32 Å². The van der Waals surface area contributed by atoms with Gasteiger partial charge >= 0.3 is 0 Å². The van der Waals surface area contributed by atoms with E-state index in [1.807, 2.05) is 12.2 Å². The van der Waals surface area contributed by atoms with Gasteiger partial charge in [0, 0.05) is 6.20 Å². The van der Waals surface area contributed by atoms with Gasteiger partial charge in [-0.05, 0) is 70.4 Å². The van der Waals surface area contributed by atoms with E-state index in [2.05, 4.69) is 119 Å². The van der Waals surface area contributed by atoms with Crippen LogP contribution in [0.15, 0.2) is 91.5 Å². The number of hydrogen-bond donors (Lipinski definition) is 0. The predicted molar refractivity (Wildman–Crippen MR) is 138 cm³/mol. The van der Waals surface area contributed by atoms with E-state index in [9.17, 15) is 0 Å². The van der Waals surface area contributed by atoms with Gasteiger partial charge in [0.1, 0.15) is 0 Å². The molecule has 162 valence electrons. The van der Waals surface area contributed by atoms with Gasteiger partial charge in [-0.1, -0.05) is 82.0 Å². The van der Waals surface area contributed by atoms with Crippen molar-refractivity contribution in [3.05, 3.63) is 97.1 Å². The Morgan fingerprint density at radius 2 is 1.55 bits per heavy atom. The molecule has 0 N–H and O–H groups in total. The van der Waals surface area contributed by atoms with Crippen LogP contribution in [0.4, 0.5) is 0 Å². The Labute approximate surface area is 188 Å². The Kier molecular flexibility index (Phi) is 6.76. The van der Waals surface area contributed by atoms with Crippen LogP contribution >= 0.6 is 0 Å². The van der Waals surface area contributed by atoms with E-state index in [4.69, 9.17) is 4.43 Å². The van der Waals surface area contributed by atoms with E-state index >= 15 is 0 Å². The molecule has 0 fully saturated rings. The monoisotopic (exact) mass is 429 g/mol. The van der Waals surface area contributed by atoms with Crippen molar-refractivity contribution in [3.8, 4) is 0 Å². The number of nitrogens with zero attached hydrogens (tertiary/aromatic N) is 1. The molecular formula is C28H35NOSi. The molecule has 0 aliphatic rings. The molecule has 0 heterocycles. The molecule has 0 aliphatic carbocycles. The number of benzene rings is 3. The second kappa shape index (κ2) is 9.15. The summed E-state index contributed by atoms with van der Waals surface area (Å²) in [6.07, 6.45) is 7.95. The van der Waals surface area contributed by atoms with E-state index in [1.165, 1.54) is 27.1 Å². The van der Waals surface area contributed by atoms with Crippen molar-refractivity contribution in [2.24, 2.45) is 0 Å². The van der Waals surface area contributed by atoms with Gasteiger partial charge in [-0.15, -0.1) is 0 Å². The van der Waals surface area contributed by atoms with Gasteiger partial charge < -0.3 is 9.33 Å². The predicted octanol–water partition coefficient (Wildman–Crippen LogP) is 8.38. The fourth-order valence-electron chi connectivity index (χ4n) is 3.52. The Bertz CT molecular complexity index is 1080. The maximum absolute atomic E-state index is 6.75. The van der Waals surface area contributed by atoms with E-state index < -0.39 is 8.32 Å². The first-order valence-electron chi connectivity index (χ1n) is 11.0. The molecule has 0 bridgehead atoms. The average Bonchev–Trinajstić information content (AvgIpc) is 2.73. The second-order valence-corrected chi connectivity index (χ2v) is 14.2. The smallest absolute Gasteiger partial charge is 0.252 e. The molecule has 3 rings (SSSR count). The molecule has 0 amide bonds. The molecule has 0 radical (unpaired) electrons. The maximum atomic E-state index is 6.75. The van der Waals surface area contributed by atoms with Crippen molar-refractivity contribution in [2.45, 2.75) is 52.4 Å². The average molecular weight is 430 g/mol. The van der Waals surface area contributed by atoms with Crippen molar-refractivity contribution in [2.75, 3.05) is 0 Å². The van der Waals surface area contributed by atoms with Crippen LogP contribution in [0.3, 0.4) is 0 Å². The lowest BCUT2D eigenvalue weighted by Gasteiger charge is -2.39. The minimum Gasteiger partial charge on any atom is -0.532 e. The van der Waals surface area contributed by atoms with Crippen LogP contribution in [0.25, 0.3) is 21.5 Å². The highest BCUT2D eigenvalue weighted by Crippen LogP contribution is 2.39. The third-order valence-electron chi connectivity index (χ3n) is 6.31. The Morgan fingerprint density at radius 1 is 1.00 bits per heavy atom. The third-order valence-corrected chi connectivity index (χ3v) is 10.6. The van der Waals surface area contributed by atoms with Crippen LogP contribution in [0.2, 0.25) is 18.1 Å². The first-order chi connectivity index (χ1) is 14.7. The first kappa shape index (κ1) is 22.9. The lowest BCUT2D eigenvalue weighted by molar-refractivity contribution is 0.248. The van der Waals surface area contributed by atoms with Gasteiger partial charge in [0.05, 0.1) is 6.54 Å². The van der Waals surface area contributed by atoms with Crippen molar-refractivity contribution < 1.29 is 4.43 Å². The summed E-state index contributed by atoms with van der Waals surface area (Å²) in [4.78, 5) is 2.22. The molecule has 0 unspecified atom stereocenters. The second-order valence-electron chi connectivity index (χ2n) is 9.49. The van der Waals surface area contributed by atoms with Crippen LogP contribution in [0.5, 0.6) is 0 Å². The van der Waals surface area contributed by atoms with Crippen molar-refractivity contribution in [3.63, 3.8) is 0 Å². The van der Waals surface area contributed by atoms with Crippen LogP contribution in [-0.2, 0) is 11.0 Å². The summed E-state index contributed by atoms with van der Waals surface area (Å²) in [5.74, 6) is 0.904. The summed E-state index contributed by atoms with van der Waals surface area (Å²) in [6.45, 7) is 18.0. The van der Waals surface area contributed by atoms with E-state index in [-0.39, 0.29) is 5.04 Å². The molecule has 2 nitrogen and oxygen atoms in total. The molecule has 0 atom stereocenters. The zero-order valence-corrected chi connectivity index (χ0v) is 20.8. The molecule has 0 aliphatic heterocycles. The number of rotatable bonds is 7. The summed E-state index contributed by atoms with van der Waals surface area (Å²) in [6, 6.07) is 19.5. The minimum absolute atomic E-state index is 0.126. The van der Waals surface area contributed by atoms with Crippen molar-refractivity contribution in [1.29, 1.82) is 0 Å². The zero-order valence-electron chi connectivity index (χ0n) is 19.8. The summed E-state index contributed by atoms with van der Waals surface area (Å²) in [7, 11) is -1.99. The van der Waals surface area contributed by atoms with E-state index in [0.717, 1.165) is 12.4 Å². The quantitative estimate of drug-likeness (QED) is 0.162. The van der Waals surface area contributed by atoms with Gasteiger partial charge in [-0.2, -0.15) is 0 Å². The molecule has 3 aromatic carbocycles. The van der Waals surface area contributed by atoms with Crippen molar-refractivity contribution >= 4 is 29.9 Å².